The van der Waals surface area contributed by atoms with E-state index in [1.165, 1.54) is 0 Å². The molecule has 2 aliphatic heterocycles. The summed E-state index contributed by atoms with van der Waals surface area (Å²) in [7, 11) is 0. The SMILES string of the molecule is CC(C)(CNC(=O)N1CCN2C(=O)CCC2C1)C(=O)O. The Morgan fingerprint density at radius 2 is 2.10 bits per heavy atom. The van der Waals surface area contributed by atoms with Crippen molar-refractivity contribution in [1.82, 2.24) is 15.1 Å². The van der Waals surface area contributed by atoms with Crippen LogP contribution in [-0.4, -0.2) is 65.0 Å². The second-order valence-corrected chi connectivity index (χ2v) is 6.07. The van der Waals surface area contributed by atoms with Crippen LogP contribution in [0.5, 0.6) is 0 Å². The summed E-state index contributed by atoms with van der Waals surface area (Å²) in [5.74, 6) is -0.772. The Bertz CT molecular complexity index is 435. The monoisotopic (exact) mass is 283 g/mol. The van der Waals surface area contributed by atoms with Gasteiger partial charge in [0, 0.05) is 38.6 Å². The van der Waals surface area contributed by atoms with E-state index >= 15 is 0 Å². The van der Waals surface area contributed by atoms with Crippen LogP contribution in [0.15, 0.2) is 0 Å². The summed E-state index contributed by atoms with van der Waals surface area (Å²) in [4.78, 5) is 38.1. The molecule has 0 saturated carbocycles. The fourth-order valence-electron chi connectivity index (χ4n) is 2.53. The number of hydrogen-bond acceptors (Lipinski definition) is 3. The maximum Gasteiger partial charge on any atom is 0.317 e. The number of carboxylic acids is 1. The summed E-state index contributed by atoms with van der Waals surface area (Å²) in [5.41, 5.74) is -0.985. The van der Waals surface area contributed by atoms with Crippen LogP contribution in [0.3, 0.4) is 0 Å². The van der Waals surface area contributed by atoms with Crippen LogP contribution in [-0.2, 0) is 9.59 Å². The van der Waals surface area contributed by atoms with Crippen LogP contribution in [0.1, 0.15) is 26.7 Å². The van der Waals surface area contributed by atoms with Gasteiger partial charge in [0.1, 0.15) is 0 Å². The van der Waals surface area contributed by atoms with Crippen molar-refractivity contribution in [2.45, 2.75) is 32.7 Å². The molecule has 0 spiro atoms. The number of amides is 3. The smallest absolute Gasteiger partial charge is 0.317 e. The lowest BCUT2D eigenvalue weighted by molar-refractivity contribution is -0.146. The molecule has 112 valence electrons. The normalized spacial score (nSPS) is 22.7. The third kappa shape index (κ3) is 2.86. The fourth-order valence-corrected chi connectivity index (χ4v) is 2.53. The summed E-state index contributed by atoms with van der Waals surface area (Å²) in [5, 5.41) is 11.7. The minimum Gasteiger partial charge on any atom is -0.481 e. The standard InChI is InChI=1S/C13H21N3O4/c1-13(2,11(18)19)8-14-12(20)15-5-6-16-9(7-15)3-4-10(16)17/h9H,3-8H2,1-2H3,(H,14,20)(H,18,19). The molecule has 2 heterocycles. The number of nitrogens with zero attached hydrogens (tertiary/aromatic N) is 2. The average Bonchev–Trinajstić information content (AvgIpc) is 2.77. The lowest BCUT2D eigenvalue weighted by atomic mass is 9.94. The number of nitrogens with one attached hydrogen (secondary N) is 1. The number of rotatable bonds is 3. The van der Waals surface area contributed by atoms with Gasteiger partial charge in [0.25, 0.3) is 0 Å². The molecule has 1 unspecified atom stereocenters. The number of piperazine rings is 1. The van der Waals surface area contributed by atoms with E-state index in [1.54, 1.807) is 18.7 Å². The molecule has 20 heavy (non-hydrogen) atoms. The first kappa shape index (κ1) is 14.6. The van der Waals surface area contributed by atoms with Crippen LogP contribution in [0, 0.1) is 5.41 Å². The van der Waals surface area contributed by atoms with Crippen molar-refractivity contribution in [2.24, 2.45) is 5.41 Å². The molecule has 0 aromatic heterocycles. The molecule has 0 aliphatic carbocycles. The van der Waals surface area contributed by atoms with Crippen molar-refractivity contribution in [3.63, 3.8) is 0 Å². The molecule has 1 atom stereocenters. The van der Waals surface area contributed by atoms with E-state index < -0.39 is 11.4 Å². The Labute approximate surface area is 117 Å². The number of hydrogen-bond donors (Lipinski definition) is 2. The maximum absolute atomic E-state index is 12.1. The van der Waals surface area contributed by atoms with E-state index in [0.717, 1.165) is 6.42 Å². The summed E-state index contributed by atoms with van der Waals surface area (Å²) in [6.45, 7) is 4.84. The molecular formula is C13H21N3O4. The Balaban J connectivity index is 1.85. The third-order valence-corrected chi connectivity index (χ3v) is 4.04. The molecule has 2 rings (SSSR count). The number of urea groups is 1. The van der Waals surface area contributed by atoms with E-state index in [9.17, 15) is 14.4 Å². The van der Waals surface area contributed by atoms with Gasteiger partial charge >= 0.3 is 12.0 Å². The molecule has 0 aromatic rings. The second kappa shape index (κ2) is 5.30. The van der Waals surface area contributed by atoms with Crippen molar-refractivity contribution < 1.29 is 19.5 Å². The van der Waals surface area contributed by atoms with Crippen molar-refractivity contribution in [2.75, 3.05) is 26.2 Å². The summed E-state index contributed by atoms with van der Waals surface area (Å²) in [6, 6.07) is -0.132. The largest absolute Gasteiger partial charge is 0.481 e. The molecule has 2 saturated heterocycles. The Morgan fingerprint density at radius 3 is 2.75 bits per heavy atom. The van der Waals surface area contributed by atoms with Gasteiger partial charge in [0.05, 0.1) is 5.41 Å². The highest BCUT2D eigenvalue weighted by atomic mass is 16.4. The minimum absolute atomic E-state index is 0.0883. The number of carbonyl (C=O) groups is 3. The lowest BCUT2D eigenvalue weighted by Crippen LogP contribution is -2.56. The van der Waals surface area contributed by atoms with E-state index in [1.807, 2.05) is 4.90 Å². The zero-order valence-corrected chi connectivity index (χ0v) is 11.9. The fraction of sp³-hybridized carbons (Fsp3) is 0.769. The molecule has 0 radical (unpaired) electrons. The first-order valence-corrected chi connectivity index (χ1v) is 6.87. The van der Waals surface area contributed by atoms with Gasteiger partial charge < -0.3 is 20.2 Å². The summed E-state index contributed by atoms with van der Waals surface area (Å²) in [6.07, 6.45) is 1.36. The number of fused-ring (bicyclic) bond motifs is 1. The van der Waals surface area contributed by atoms with Gasteiger partial charge in [0.2, 0.25) is 5.91 Å². The second-order valence-electron chi connectivity index (χ2n) is 6.07. The number of carboxylic acid groups (broad SMARTS) is 1. The van der Waals surface area contributed by atoms with Gasteiger partial charge in [0.15, 0.2) is 0 Å². The van der Waals surface area contributed by atoms with Crippen molar-refractivity contribution in [3.05, 3.63) is 0 Å². The van der Waals surface area contributed by atoms with Crippen LogP contribution in [0.2, 0.25) is 0 Å². The topological polar surface area (TPSA) is 90.0 Å². The summed E-state index contributed by atoms with van der Waals surface area (Å²) < 4.78 is 0. The Hall–Kier alpha value is -1.79. The highest BCUT2D eigenvalue weighted by molar-refractivity contribution is 5.80. The molecule has 0 aromatic carbocycles. The first-order valence-electron chi connectivity index (χ1n) is 6.87. The molecule has 3 amide bonds. The molecular weight excluding hydrogens is 262 g/mol. The minimum atomic E-state index is -0.985. The predicted molar refractivity (Wildman–Crippen MR) is 71.1 cm³/mol. The van der Waals surface area contributed by atoms with Crippen molar-refractivity contribution in [1.29, 1.82) is 0 Å². The molecule has 7 heteroatoms. The number of carbonyl (C=O) groups excluding carboxylic acids is 2. The van der Waals surface area contributed by atoms with E-state index in [-0.39, 0.29) is 24.5 Å². The zero-order chi connectivity index (χ0) is 14.9. The van der Waals surface area contributed by atoms with Gasteiger partial charge in [-0.25, -0.2) is 4.79 Å². The van der Waals surface area contributed by atoms with Crippen LogP contribution in [0.25, 0.3) is 0 Å². The highest BCUT2D eigenvalue weighted by Gasteiger charge is 2.37. The van der Waals surface area contributed by atoms with Gasteiger partial charge in [-0.05, 0) is 20.3 Å². The molecule has 0 bridgehead atoms. The van der Waals surface area contributed by atoms with Crippen LogP contribution in [0.4, 0.5) is 4.79 Å². The Kier molecular flexibility index (Phi) is 3.87. The van der Waals surface area contributed by atoms with Gasteiger partial charge in [-0.3, -0.25) is 9.59 Å². The molecule has 7 nitrogen and oxygen atoms in total. The molecule has 2 fully saturated rings. The molecule has 2 aliphatic rings. The highest BCUT2D eigenvalue weighted by Crippen LogP contribution is 2.23. The van der Waals surface area contributed by atoms with E-state index in [2.05, 4.69) is 5.32 Å². The van der Waals surface area contributed by atoms with E-state index in [0.29, 0.717) is 26.1 Å². The van der Waals surface area contributed by atoms with Gasteiger partial charge in [-0.1, -0.05) is 0 Å². The number of aliphatic carboxylic acids is 1. The van der Waals surface area contributed by atoms with Gasteiger partial charge in [-0.15, -0.1) is 0 Å². The first-order chi connectivity index (χ1) is 9.31. The predicted octanol–water partition coefficient (Wildman–Crippen LogP) is 0.113. The Morgan fingerprint density at radius 1 is 1.40 bits per heavy atom. The van der Waals surface area contributed by atoms with Crippen molar-refractivity contribution in [3.8, 4) is 0 Å². The lowest BCUT2D eigenvalue weighted by Gasteiger charge is -2.37. The van der Waals surface area contributed by atoms with Crippen LogP contribution >= 0.6 is 0 Å². The maximum atomic E-state index is 12.1. The van der Waals surface area contributed by atoms with E-state index in [4.69, 9.17) is 5.11 Å². The quantitative estimate of drug-likeness (QED) is 0.769. The van der Waals surface area contributed by atoms with Gasteiger partial charge in [-0.2, -0.15) is 0 Å². The van der Waals surface area contributed by atoms with Crippen LogP contribution < -0.4 is 5.32 Å². The summed E-state index contributed by atoms with van der Waals surface area (Å²) >= 11 is 0. The molecule has 2 N–H and O–H groups in total. The average molecular weight is 283 g/mol. The zero-order valence-electron chi connectivity index (χ0n) is 11.9. The van der Waals surface area contributed by atoms with Crippen molar-refractivity contribution >= 4 is 17.9 Å². The third-order valence-electron chi connectivity index (χ3n) is 4.04.